The molecular formula is F3InZn. The molecule has 0 aliphatic heterocycles. The maximum absolute atomic E-state index is 9.88. The predicted octanol–water partition coefficient (Wildman–Crippen LogP) is 0.877. The van der Waals surface area contributed by atoms with Gasteiger partial charge >= 0.3 is 31.2 Å². The number of hydrogen-bond donors (Lipinski definition) is 0. The van der Waals surface area contributed by atoms with E-state index in [1.807, 2.05) is 0 Å². The van der Waals surface area contributed by atoms with E-state index in [0.717, 1.165) is 0 Å². The van der Waals surface area contributed by atoms with Crippen LogP contribution < -0.4 is 0 Å². The van der Waals surface area contributed by atoms with Gasteiger partial charge in [-0.15, -0.1) is 0 Å². The van der Waals surface area contributed by atoms with E-state index in [-0.39, 0.29) is 19.5 Å². The van der Waals surface area contributed by atoms with Gasteiger partial charge in [-0.1, -0.05) is 0 Å². The zero-order valence-electron chi connectivity index (χ0n) is 2.42. The Labute approximate surface area is 50.6 Å². The molecule has 0 aromatic heterocycles. The van der Waals surface area contributed by atoms with Gasteiger partial charge in [0.1, 0.15) is 0 Å². The maximum Gasteiger partial charge on any atom is 0 e. The molecule has 0 heterocycles. The van der Waals surface area contributed by atoms with Crippen LogP contribution in [0.2, 0.25) is 0 Å². The first-order chi connectivity index (χ1) is 1.73. The summed E-state index contributed by atoms with van der Waals surface area (Å²) in [4.78, 5) is 0. The Bertz CT molecular complexity index is 11.6. The predicted molar refractivity (Wildman–Crippen MR) is 9.08 cm³/mol. The van der Waals surface area contributed by atoms with Gasteiger partial charge < -0.3 is 0 Å². The van der Waals surface area contributed by atoms with Gasteiger partial charge in [0.05, 0.1) is 0 Å². The molecule has 0 nitrogen and oxygen atoms in total. The third kappa shape index (κ3) is 34.6. The first-order valence-corrected chi connectivity index (χ1v) is 4.39. The summed E-state index contributed by atoms with van der Waals surface area (Å²) in [6.45, 7) is 0. The van der Waals surface area contributed by atoms with Crippen LogP contribution in [0.3, 0.4) is 0 Å². The van der Waals surface area contributed by atoms with Gasteiger partial charge in [-0.05, 0) is 0 Å². The molecule has 0 aliphatic carbocycles. The summed E-state index contributed by atoms with van der Waals surface area (Å²) in [5, 5.41) is 0. The Morgan fingerprint density at radius 3 is 1.00 bits per heavy atom. The van der Waals surface area contributed by atoms with Crippen LogP contribution in [0.25, 0.3) is 0 Å². The van der Waals surface area contributed by atoms with Crippen molar-refractivity contribution in [1.29, 1.82) is 0 Å². The number of halogens is 3. The van der Waals surface area contributed by atoms with E-state index >= 15 is 0 Å². The van der Waals surface area contributed by atoms with Crippen molar-refractivity contribution in [2.24, 2.45) is 0 Å². The van der Waals surface area contributed by atoms with Crippen LogP contribution in [0.15, 0.2) is 0 Å². The topological polar surface area (TPSA) is 0 Å². The van der Waals surface area contributed by atoms with Gasteiger partial charge in [0.2, 0.25) is 0 Å². The summed E-state index contributed by atoms with van der Waals surface area (Å²) < 4.78 is 29.6. The van der Waals surface area contributed by atoms with Crippen molar-refractivity contribution >= 4 is 23.2 Å². The molecule has 0 atom stereocenters. The van der Waals surface area contributed by atoms with Crippen molar-refractivity contribution in [3.05, 3.63) is 0 Å². The van der Waals surface area contributed by atoms with Crippen molar-refractivity contribution in [3.8, 4) is 0 Å². The van der Waals surface area contributed by atoms with Gasteiger partial charge in [-0.2, -0.15) is 0 Å². The van der Waals surface area contributed by atoms with Crippen LogP contribution in [-0.2, 0) is 19.5 Å². The first-order valence-electron chi connectivity index (χ1n) is 0.655. The molecule has 26 valence electrons. The molecule has 0 fully saturated rings. The smallest absolute Gasteiger partial charge is 0 e. The van der Waals surface area contributed by atoms with Crippen molar-refractivity contribution in [3.63, 3.8) is 0 Å². The van der Waals surface area contributed by atoms with Gasteiger partial charge in [-0.3, -0.25) is 0 Å². The Morgan fingerprint density at radius 1 is 1.00 bits per heavy atom. The minimum Gasteiger partial charge on any atom is 0 e. The molecule has 0 saturated carbocycles. The second kappa shape index (κ2) is 5.28. The van der Waals surface area contributed by atoms with Crippen LogP contribution in [0.1, 0.15) is 0 Å². The molecule has 0 N–H and O–H groups in total. The van der Waals surface area contributed by atoms with Crippen LogP contribution in [-0.4, -0.2) is 23.2 Å². The van der Waals surface area contributed by atoms with Gasteiger partial charge in [0.25, 0.3) is 0 Å². The molecule has 0 aromatic rings. The van der Waals surface area contributed by atoms with E-state index in [2.05, 4.69) is 0 Å². The summed E-state index contributed by atoms with van der Waals surface area (Å²) in [6.07, 6.45) is 0. The molecule has 0 spiro atoms. The van der Waals surface area contributed by atoms with Crippen LogP contribution in [0, 0.1) is 0 Å². The molecule has 0 aliphatic rings. The molecule has 0 radical (unpaired) electrons. The quantitative estimate of drug-likeness (QED) is 0.549. The van der Waals surface area contributed by atoms with E-state index in [9.17, 15) is 7.99 Å². The Hall–Kier alpha value is 1.28. The van der Waals surface area contributed by atoms with E-state index in [4.69, 9.17) is 0 Å². The molecule has 0 amide bonds. The normalized spacial score (nSPS) is 5.40. The zero-order chi connectivity index (χ0) is 3.58. The van der Waals surface area contributed by atoms with Crippen molar-refractivity contribution < 1.29 is 27.5 Å². The van der Waals surface area contributed by atoms with E-state index in [1.54, 1.807) is 0 Å². The van der Waals surface area contributed by atoms with Crippen LogP contribution in [0.4, 0.5) is 7.99 Å². The first kappa shape index (κ1) is 9.56. The monoisotopic (exact) mass is 236 g/mol. The van der Waals surface area contributed by atoms with Crippen molar-refractivity contribution in [2.45, 2.75) is 0 Å². The fourth-order valence-corrected chi connectivity index (χ4v) is 0. The molecule has 0 unspecified atom stereocenters. The van der Waals surface area contributed by atoms with Gasteiger partial charge in [-0.25, -0.2) is 0 Å². The third-order valence-electron chi connectivity index (χ3n) is 0. The second-order valence-corrected chi connectivity index (χ2v) is 1.66. The molecule has 0 saturated heterocycles. The van der Waals surface area contributed by atoms with E-state index in [1.165, 1.54) is 0 Å². The van der Waals surface area contributed by atoms with Crippen LogP contribution >= 0.6 is 0 Å². The average molecular weight is 237 g/mol. The molecule has 0 rings (SSSR count). The molecule has 5 heteroatoms. The Morgan fingerprint density at radius 2 is 1.00 bits per heavy atom. The Balaban J connectivity index is 0. The van der Waals surface area contributed by atoms with Crippen LogP contribution in [0.5, 0.6) is 0 Å². The standard InChI is InChI=1S/3FH.In.Zn/h3*1H;;/q;;;+3;/p-3. The summed E-state index contributed by atoms with van der Waals surface area (Å²) in [5.41, 5.74) is 0. The van der Waals surface area contributed by atoms with Gasteiger partial charge in [0, 0.05) is 19.5 Å². The Kier molecular flexibility index (Phi) is 10.1. The summed E-state index contributed by atoms with van der Waals surface area (Å²) in [6, 6.07) is 0. The van der Waals surface area contributed by atoms with Gasteiger partial charge in [0.15, 0.2) is 0 Å². The van der Waals surface area contributed by atoms with Crippen molar-refractivity contribution in [2.75, 3.05) is 0 Å². The molecule has 5 heavy (non-hydrogen) atoms. The van der Waals surface area contributed by atoms with E-state index < -0.39 is 23.2 Å². The summed E-state index contributed by atoms with van der Waals surface area (Å²) in [5.74, 6) is 0. The fourth-order valence-electron chi connectivity index (χ4n) is 0. The zero-order valence-corrected chi connectivity index (χ0v) is 8.68. The minimum atomic E-state index is -5.14. The SMILES string of the molecule is [F][In]([F])[F].[Zn]. The molecule has 0 aromatic carbocycles. The summed E-state index contributed by atoms with van der Waals surface area (Å²) in [7, 11) is 0. The molecule has 0 bridgehead atoms. The maximum atomic E-state index is 9.88. The van der Waals surface area contributed by atoms with Crippen molar-refractivity contribution in [1.82, 2.24) is 0 Å². The largest absolute Gasteiger partial charge is 0 e. The third-order valence-corrected chi connectivity index (χ3v) is 0. The number of hydrogen-bond acceptors (Lipinski definition) is 0. The average Bonchev–Trinajstić information content (AvgIpc) is 0.811. The minimum absolute atomic E-state index is 0. The van der Waals surface area contributed by atoms with E-state index in [0.29, 0.717) is 0 Å². The number of rotatable bonds is 0. The fraction of sp³-hybridized carbons (Fsp3) is 0. The second-order valence-electron chi connectivity index (χ2n) is 0.247. The summed E-state index contributed by atoms with van der Waals surface area (Å²) >= 11 is -5.14. The molecular weight excluding hydrogens is 237 g/mol.